The first-order valence-corrected chi connectivity index (χ1v) is 7.16. The Morgan fingerprint density at radius 2 is 2.37 bits per heavy atom. The van der Waals surface area contributed by atoms with Crippen LogP contribution in [0.4, 0.5) is 0 Å². The fourth-order valence-corrected chi connectivity index (χ4v) is 2.40. The van der Waals surface area contributed by atoms with Crippen molar-refractivity contribution in [2.75, 3.05) is 6.54 Å². The molecule has 19 heavy (non-hydrogen) atoms. The number of nitrogens with zero attached hydrogens (tertiary/aromatic N) is 1. The zero-order valence-electron chi connectivity index (χ0n) is 10.9. The first-order valence-electron chi connectivity index (χ1n) is 6.37. The number of carbonyl (C=O) groups is 1. The normalized spacial score (nSPS) is 10.6. The van der Waals surface area contributed by atoms with E-state index in [1.807, 2.05) is 29.0 Å². The van der Waals surface area contributed by atoms with E-state index in [4.69, 9.17) is 4.42 Å². The van der Waals surface area contributed by atoms with Gasteiger partial charge in [0.05, 0.1) is 6.26 Å². The lowest BCUT2D eigenvalue weighted by atomic mass is 10.3. The maximum absolute atomic E-state index is 12.1. The molecule has 1 amide bonds. The molecule has 2 heterocycles. The van der Waals surface area contributed by atoms with E-state index in [1.54, 1.807) is 6.26 Å². The van der Waals surface area contributed by atoms with Crippen LogP contribution in [0.2, 0.25) is 0 Å². The quantitative estimate of drug-likeness (QED) is 0.886. The van der Waals surface area contributed by atoms with Crippen LogP contribution >= 0.6 is 15.9 Å². The first-order chi connectivity index (χ1) is 9.20. The van der Waals surface area contributed by atoms with Crippen molar-refractivity contribution in [3.8, 4) is 0 Å². The average molecular weight is 325 g/mol. The number of halogens is 1. The highest BCUT2D eigenvalue weighted by Gasteiger charge is 2.12. The molecule has 4 nitrogen and oxygen atoms in total. The standard InChI is InChI=1S/C14H17BrN2O2/c1-2-7-17-10-11(15)9-13(17)14(18)16-6-5-12-4-3-8-19-12/h3-4,8-10H,2,5-7H2,1H3,(H,16,18). The van der Waals surface area contributed by atoms with Gasteiger partial charge in [0.2, 0.25) is 0 Å². The maximum atomic E-state index is 12.1. The minimum atomic E-state index is -0.0503. The highest BCUT2D eigenvalue weighted by Crippen LogP contribution is 2.15. The fourth-order valence-electron chi connectivity index (χ4n) is 1.94. The Balaban J connectivity index is 1.92. The van der Waals surface area contributed by atoms with Gasteiger partial charge in [-0.1, -0.05) is 6.92 Å². The van der Waals surface area contributed by atoms with Crippen LogP contribution < -0.4 is 5.32 Å². The molecule has 0 radical (unpaired) electrons. The SMILES string of the molecule is CCCn1cc(Br)cc1C(=O)NCCc1ccco1. The van der Waals surface area contributed by atoms with Crippen molar-refractivity contribution >= 4 is 21.8 Å². The lowest BCUT2D eigenvalue weighted by Gasteiger charge is -2.08. The summed E-state index contributed by atoms with van der Waals surface area (Å²) in [6.07, 6.45) is 5.27. The molecule has 0 saturated carbocycles. The predicted molar refractivity (Wildman–Crippen MR) is 77.2 cm³/mol. The van der Waals surface area contributed by atoms with Crippen molar-refractivity contribution in [3.05, 3.63) is 46.6 Å². The summed E-state index contributed by atoms with van der Waals surface area (Å²) in [6.45, 7) is 3.50. The minimum absolute atomic E-state index is 0.0503. The third-order valence-electron chi connectivity index (χ3n) is 2.80. The second-order valence-electron chi connectivity index (χ2n) is 4.32. The number of hydrogen-bond donors (Lipinski definition) is 1. The van der Waals surface area contributed by atoms with Crippen LogP contribution in [0.3, 0.4) is 0 Å². The van der Waals surface area contributed by atoms with Gasteiger partial charge in [0.25, 0.3) is 5.91 Å². The molecule has 0 spiro atoms. The van der Waals surface area contributed by atoms with Crippen LogP contribution in [0, 0.1) is 0 Å². The molecule has 0 aliphatic carbocycles. The molecule has 0 saturated heterocycles. The van der Waals surface area contributed by atoms with Gasteiger partial charge in [-0.15, -0.1) is 0 Å². The van der Waals surface area contributed by atoms with Crippen LogP contribution in [-0.2, 0) is 13.0 Å². The fraction of sp³-hybridized carbons (Fsp3) is 0.357. The Hall–Kier alpha value is -1.49. The molecule has 0 fully saturated rings. The number of carbonyl (C=O) groups excluding carboxylic acids is 1. The van der Waals surface area contributed by atoms with E-state index in [2.05, 4.69) is 28.2 Å². The summed E-state index contributed by atoms with van der Waals surface area (Å²) < 4.78 is 8.12. The Labute approximate surface area is 120 Å². The van der Waals surface area contributed by atoms with Crippen molar-refractivity contribution in [1.82, 2.24) is 9.88 Å². The molecule has 0 aliphatic rings. The second-order valence-corrected chi connectivity index (χ2v) is 5.24. The van der Waals surface area contributed by atoms with E-state index < -0.39 is 0 Å². The van der Waals surface area contributed by atoms with Crippen LogP contribution in [0.25, 0.3) is 0 Å². The van der Waals surface area contributed by atoms with Crippen molar-refractivity contribution in [3.63, 3.8) is 0 Å². The van der Waals surface area contributed by atoms with Gasteiger partial charge >= 0.3 is 0 Å². The van der Waals surface area contributed by atoms with E-state index in [1.165, 1.54) is 0 Å². The third kappa shape index (κ3) is 3.73. The Bertz CT molecular complexity index is 532. The summed E-state index contributed by atoms with van der Waals surface area (Å²) in [6, 6.07) is 5.60. The van der Waals surface area contributed by atoms with Gasteiger partial charge in [0, 0.05) is 30.2 Å². The number of rotatable bonds is 6. The topological polar surface area (TPSA) is 47.2 Å². The number of furan rings is 1. The van der Waals surface area contributed by atoms with Gasteiger partial charge in [-0.05, 0) is 40.5 Å². The van der Waals surface area contributed by atoms with Crippen LogP contribution in [-0.4, -0.2) is 17.0 Å². The second kappa shape index (κ2) is 6.61. The average Bonchev–Trinajstić information content (AvgIpc) is 2.99. The van der Waals surface area contributed by atoms with Gasteiger partial charge in [-0.25, -0.2) is 0 Å². The maximum Gasteiger partial charge on any atom is 0.267 e. The molecule has 2 rings (SSSR count). The Kier molecular flexibility index (Phi) is 4.85. The number of aromatic nitrogens is 1. The van der Waals surface area contributed by atoms with E-state index >= 15 is 0 Å². The van der Waals surface area contributed by atoms with Gasteiger partial charge in [0.15, 0.2) is 0 Å². The molecule has 0 unspecified atom stereocenters. The Morgan fingerprint density at radius 1 is 1.53 bits per heavy atom. The summed E-state index contributed by atoms with van der Waals surface area (Å²) in [5, 5.41) is 2.91. The molecular weight excluding hydrogens is 308 g/mol. The van der Waals surface area contributed by atoms with Gasteiger partial charge in [-0.3, -0.25) is 4.79 Å². The molecule has 2 aromatic heterocycles. The smallest absolute Gasteiger partial charge is 0.267 e. The zero-order valence-corrected chi connectivity index (χ0v) is 12.4. The Morgan fingerprint density at radius 3 is 3.05 bits per heavy atom. The number of amides is 1. The first kappa shape index (κ1) is 13.9. The van der Waals surface area contributed by atoms with Crippen molar-refractivity contribution < 1.29 is 9.21 Å². The van der Waals surface area contributed by atoms with Gasteiger partial charge in [-0.2, -0.15) is 0 Å². The lowest BCUT2D eigenvalue weighted by molar-refractivity contribution is 0.0944. The molecule has 0 aromatic carbocycles. The van der Waals surface area contributed by atoms with Crippen LogP contribution in [0.1, 0.15) is 29.6 Å². The highest BCUT2D eigenvalue weighted by molar-refractivity contribution is 9.10. The van der Waals surface area contributed by atoms with Crippen LogP contribution in [0.5, 0.6) is 0 Å². The number of hydrogen-bond acceptors (Lipinski definition) is 2. The lowest BCUT2D eigenvalue weighted by Crippen LogP contribution is -2.27. The van der Waals surface area contributed by atoms with Crippen molar-refractivity contribution in [2.45, 2.75) is 26.3 Å². The van der Waals surface area contributed by atoms with Gasteiger partial charge < -0.3 is 14.3 Å². The van der Waals surface area contributed by atoms with E-state index in [0.29, 0.717) is 18.7 Å². The van der Waals surface area contributed by atoms with Crippen molar-refractivity contribution in [1.29, 1.82) is 0 Å². The van der Waals surface area contributed by atoms with E-state index in [-0.39, 0.29) is 5.91 Å². The molecular formula is C14H17BrN2O2. The van der Waals surface area contributed by atoms with E-state index in [0.717, 1.165) is 23.2 Å². The third-order valence-corrected chi connectivity index (χ3v) is 3.23. The summed E-state index contributed by atoms with van der Waals surface area (Å²) in [4.78, 5) is 12.1. The molecule has 2 aromatic rings. The molecule has 5 heteroatoms. The van der Waals surface area contributed by atoms with E-state index in [9.17, 15) is 4.79 Å². The molecule has 0 bridgehead atoms. The summed E-state index contributed by atoms with van der Waals surface area (Å²) in [7, 11) is 0. The summed E-state index contributed by atoms with van der Waals surface area (Å²) in [5.74, 6) is 0.830. The predicted octanol–water partition coefficient (Wildman–Crippen LogP) is 3.23. The summed E-state index contributed by atoms with van der Waals surface area (Å²) in [5.41, 5.74) is 0.688. The highest BCUT2D eigenvalue weighted by atomic mass is 79.9. The van der Waals surface area contributed by atoms with Gasteiger partial charge in [0.1, 0.15) is 11.5 Å². The molecule has 102 valence electrons. The monoisotopic (exact) mass is 324 g/mol. The molecule has 0 atom stereocenters. The summed E-state index contributed by atoms with van der Waals surface area (Å²) >= 11 is 3.41. The van der Waals surface area contributed by atoms with Crippen LogP contribution in [0.15, 0.2) is 39.5 Å². The molecule has 1 N–H and O–H groups in total. The zero-order chi connectivity index (χ0) is 13.7. The van der Waals surface area contributed by atoms with Crippen molar-refractivity contribution in [2.24, 2.45) is 0 Å². The largest absolute Gasteiger partial charge is 0.469 e. The molecule has 0 aliphatic heterocycles. The number of nitrogens with one attached hydrogen (secondary N) is 1. The number of aryl methyl sites for hydroxylation is 1. The minimum Gasteiger partial charge on any atom is -0.469 e.